The van der Waals surface area contributed by atoms with Crippen LogP contribution in [-0.2, 0) is 0 Å². The Morgan fingerprint density at radius 2 is 2.11 bits per heavy atom. The highest BCUT2D eigenvalue weighted by Crippen LogP contribution is 2.28. The van der Waals surface area contributed by atoms with E-state index in [1.807, 2.05) is 19.1 Å². The molecule has 6 nitrogen and oxygen atoms in total. The van der Waals surface area contributed by atoms with Gasteiger partial charge in [-0.2, -0.15) is 0 Å². The van der Waals surface area contributed by atoms with Crippen LogP contribution in [0.15, 0.2) is 30.3 Å². The largest absolute Gasteiger partial charge is 0.436 e. The van der Waals surface area contributed by atoms with Crippen molar-refractivity contribution < 1.29 is 4.74 Å². The van der Waals surface area contributed by atoms with Crippen molar-refractivity contribution in [3.05, 3.63) is 40.9 Å². The molecular formula is C11H8ClN5O. The van der Waals surface area contributed by atoms with Crippen LogP contribution in [0, 0.1) is 6.92 Å². The van der Waals surface area contributed by atoms with Crippen molar-refractivity contribution in [2.45, 2.75) is 6.92 Å². The van der Waals surface area contributed by atoms with E-state index in [2.05, 4.69) is 20.6 Å². The number of halogens is 1. The Morgan fingerprint density at radius 3 is 2.94 bits per heavy atom. The molecule has 0 saturated heterocycles. The van der Waals surface area contributed by atoms with Gasteiger partial charge in [-0.1, -0.05) is 17.7 Å². The van der Waals surface area contributed by atoms with Gasteiger partial charge in [-0.3, -0.25) is 0 Å². The van der Waals surface area contributed by atoms with Gasteiger partial charge in [-0.25, -0.2) is 0 Å². The zero-order valence-corrected chi connectivity index (χ0v) is 10.2. The molecule has 2 heterocycles. The summed E-state index contributed by atoms with van der Waals surface area (Å²) in [5, 5.41) is 15.6. The van der Waals surface area contributed by atoms with Gasteiger partial charge in [0.15, 0.2) is 5.65 Å². The van der Waals surface area contributed by atoms with E-state index < -0.39 is 0 Å². The summed E-state index contributed by atoms with van der Waals surface area (Å²) in [5.41, 5.74) is 1.62. The van der Waals surface area contributed by atoms with Gasteiger partial charge in [0.25, 0.3) is 0 Å². The second-order valence-electron chi connectivity index (χ2n) is 3.73. The zero-order chi connectivity index (χ0) is 12.5. The summed E-state index contributed by atoms with van der Waals surface area (Å²) >= 11 is 6.08. The molecule has 18 heavy (non-hydrogen) atoms. The van der Waals surface area contributed by atoms with E-state index in [0.717, 1.165) is 5.56 Å². The lowest BCUT2D eigenvalue weighted by Gasteiger charge is -2.06. The summed E-state index contributed by atoms with van der Waals surface area (Å²) in [6.45, 7) is 1.96. The van der Waals surface area contributed by atoms with Crippen LogP contribution in [0.2, 0.25) is 5.02 Å². The van der Waals surface area contributed by atoms with E-state index in [9.17, 15) is 0 Å². The van der Waals surface area contributed by atoms with Crippen molar-refractivity contribution in [3.8, 4) is 11.6 Å². The van der Waals surface area contributed by atoms with Gasteiger partial charge in [0.1, 0.15) is 5.75 Å². The van der Waals surface area contributed by atoms with Crippen LogP contribution >= 0.6 is 11.6 Å². The lowest BCUT2D eigenvalue weighted by atomic mass is 10.2. The number of nitrogens with zero attached hydrogens (tertiary/aromatic N) is 5. The number of benzene rings is 1. The summed E-state index contributed by atoms with van der Waals surface area (Å²) in [5.74, 6) is 0.919. The number of hydrogen-bond donors (Lipinski definition) is 0. The third-order valence-corrected chi connectivity index (χ3v) is 2.64. The Bertz CT molecular complexity index is 711. The Hall–Kier alpha value is -2.21. The second kappa shape index (κ2) is 4.23. The third-order valence-electron chi connectivity index (χ3n) is 2.35. The number of tetrazole rings is 1. The molecule has 7 heteroatoms. The molecule has 90 valence electrons. The Kier molecular flexibility index (Phi) is 2.56. The highest BCUT2D eigenvalue weighted by molar-refractivity contribution is 6.32. The van der Waals surface area contributed by atoms with Gasteiger partial charge in [0.2, 0.25) is 5.88 Å². The van der Waals surface area contributed by atoms with Crippen molar-refractivity contribution in [1.82, 2.24) is 25.3 Å². The first-order valence-corrected chi connectivity index (χ1v) is 5.59. The molecule has 0 aliphatic carbocycles. The van der Waals surface area contributed by atoms with Gasteiger partial charge in [0, 0.05) is 6.07 Å². The number of fused-ring (bicyclic) bond motifs is 1. The molecular weight excluding hydrogens is 254 g/mol. The maximum Gasteiger partial charge on any atom is 0.239 e. The minimum absolute atomic E-state index is 0.376. The Morgan fingerprint density at radius 1 is 1.22 bits per heavy atom. The number of rotatable bonds is 2. The van der Waals surface area contributed by atoms with Crippen LogP contribution in [-0.4, -0.2) is 25.3 Å². The molecule has 0 saturated carbocycles. The van der Waals surface area contributed by atoms with Crippen molar-refractivity contribution in [1.29, 1.82) is 0 Å². The van der Waals surface area contributed by atoms with Crippen LogP contribution in [0.3, 0.4) is 0 Å². The maximum atomic E-state index is 6.08. The Balaban J connectivity index is 1.95. The van der Waals surface area contributed by atoms with Gasteiger partial charge in [0.05, 0.1) is 5.02 Å². The average molecular weight is 262 g/mol. The third kappa shape index (κ3) is 1.98. The number of ether oxygens (including phenoxy) is 1. The highest BCUT2D eigenvalue weighted by atomic mass is 35.5. The molecule has 2 aromatic heterocycles. The van der Waals surface area contributed by atoms with E-state index in [0.29, 0.717) is 22.3 Å². The molecule has 0 atom stereocenters. The van der Waals surface area contributed by atoms with Crippen LogP contribution in [0.4, 0.5) is 0 Å². The monoisotopic (exact) mass is 261 g/mol. The van der Waals surface area contributed by atoms with Crippen molar-refractivity contribution >= 4 is 17.2 Å². The van der Waals surface area contributed by atoms with E-state index in [1.165, 1.54) is 4.63 Å². The normalized spacial score (nSPS) is 10.8. The molecule has 1 aromatic carbocycles. The van der Waals surface area contributed by atoms with E-state index >= 15 is 0 Å². The molecule has 0 radical (unpaired) electrons. The van der Waals surface area contributed by atoms with Gasteiger partial charge < -0.3 is 4.74 Å². The molecule has 0 aliphatic heterocycles. The number of aryl methyl sites for hydroxylation is 1. The first-order chi connectivity index (χ1) is 8.72. The molecule has 0 bridgehead atoms. The summed E-state index contributed by atoms with van der Waals surface area (Å²) < 4.78 is 6.87. The fourth-order valence-electron chi connectivity index (χ4n) is 1.49. The molecule has 3 rings (SSSR count). The topological polar surface area (TPSA) is 65.2 Å². The first-order valence-electron chi connectivity index (χ1n) is 5.22. The fraction of sp³-hybridized carbons (Fsp3) is 0.0909. The number of hydrogen-bond acceptors (Lipinski definition) is 5. The predicted octanol–water partition coefficient (Wildman–Crippen LogP) is 2.27. The fourth-order valence-corrected chi connectivity index (χ4v) is 1.76. The van der Waals surface area contributed by atoms with E-state index in [1.54, 1.807) is 18.2 Å². The minimum Gasteiger partial charge on any atom is -0.436 e. The minimum atomic E-state index is 0.376. The van der Waals surface area contributed by atoms with Gasteiger partial charge >= 0.3 is 0 Å². The summed E-state index contributed by atoms with van der Waals surface area (Å²) in [6, 6.07) is 8.93. The average Bonchev–Trinajstić information content (AvgIpc) is 2.80. The zero-order valence-electron chi connectivity index (χ0n) is 9.41. The quantitative estimate of drug-likeness (QED) is 0.708. The molecule has 0 amide bonds. The molecule has 0 N–H and O–H groups in total. The predicted molar refractivity (Wildman–Crippen MR) is 64.8 cm³/mol. The molecule has 3 aromatic rings. The van der Waals surface area contributed by atoms with Crippen molar-refractivity contribution in [3.63, 3.8) is 0 Å². The smallest absolute Gasteiger partial charge is 0.239 e. The Labute approximate surface area is 107 Å². The first kappa shape index (κ1) is 10.9. The van der Waals surface area contributed by atoms with E-state index in [-0.39, 0.29) is 0 Å². The molecule has 0 unspecified atom stereocenters. The highest BCUT2D eigenvalue weighted by Gasteiger charge is 2.06. The van der Waals surface area contributed by atoms with E-state index in [4.69, 9.17) is 16.3 Å². The molecule has 0 spiro atoms. The standard InChI is InChI=1S/C11H8ClN5O/c1-7-2-3-9(8(12)6-7)18-11-5-4-10-13-15-16-17(10)14-11/h2-6H,1H3. The van der Waals surface area contributed by atoms with Crippen LogP contribution < -0.4 is 4.74 Å². The van der Waals surface area contributed by atoms with Crippen LogP contribution in [0.5, 0.6) is 11.6 Å². The van der Waals surface area contributed by atoms with Crippen molar-refractivity contribution in [2.75, 3.05) is 0 Å². The van der Waals surface area contributed by atoms with Crippen LogP contribution in [0.25, 0.3) is 5.65 Å². The van der Waals surface area contributed by atoms with Crippen molar-refractivity contribution in [2.24, 2.45) is 0 Å². The van der Waals surface area contributed by atoms with Gasteiger partial charge in [-0.05, 0) is 41.1 Å². The maximum absolute atomic E-state index is 6.08. The molecule has 0 fully saturated rings. The summed E-state index contributed by atoms with van der Waals surface area (Å²) in [7, 11) is 0. The molecule has 0 aliphatic rings. The summed E-state index contributed by atoms with van der Waals surface area (Å²) in [4.78, 5) is 0. The SMILES string of the molecule is Cc1ccc(Oc2ccc3nnnn3n2)c(Cl)c1. The lowest BCUT2D eigenvalue weighted by Crippen LogP contribution is -1.97. The lowest BCUT2D eigenvalue weighted by molar-refractivity contribution is 0.447. The van der Waals surface area contributed by atoms with Gasteiger partial charge in [-0.15, -0.1) is 14.8 Å². The number of aromatic nitrogens is 5. The second-order valence-corrected chi connectivity index (χ2v) is 4.14. The van der Waals surface area contributed by atoms with Crippen LogP contribution in [0.1, 0.15) is 5.56 Å². The summed E-state index contributed by atoms with van der Waals surface area (Å²) in [6.07, 6.45) is 0.